The molecule has 1 heterocycles. The zero-order valence-corrected chi connectivity index (χ0v) is 11.2. The highest BCUT2D eigenvalue weighted by atomic mass is 16.5. The van der Waals surface area contributed by atoms with Crippen molar-refractivity contribution in [3.05, 3.63) is 23.9 Å². The highest BCUT2D eigenvalue weighted by molar-refractivity contribution is 5.69. The van der Waals surface area contributed by atoms with Gasteiger partial charge in [0, 0.05) is 23.8 Å². The molecule has 0 saturated carbocycles. The second-order valence-electron chi connectivity index (χ2n) is 3.60. The Morgan fingerprint density at radius 1 is 1.42 bits per heavy atom. The maximum atomic E-state index is 11.0. The van der Waals surface area contributed by atoms with E-state index < -0.39 is 5.97 Å². The predicted octanol–water partition coefficient (Wildman–Crippen LogP) is -1.31. The van der Waals surface area contributed by atoms with Crippen LogP contribution in [0, 0.1) is 0 Å². The zero-order chi connectivity index (χ0) is 14.8. The molecule has 1 atom stereocenters. The second-order valence-corrected chi connectivity index (χ2v) is 3.60. The summed E-state index contributed by atoms with van der Waals surface area (Å²) in [6.45, 7) is 0.972. The summed E-state index contributed by atoms with van der Waals surface area (Å²) in [6, 6.07) is 3.44. The number of carbonyl (C=O) groups excluding carboxylic acids is 2. The predicted molar refractivity (Wildman–Crippen MR) is 63.7 cm³/mol. The van der Waals surface area contributed by atoms with Crippen molar-refractivity contribution in [2.45, 2.75) is 19.4 Å². The third-order valence-corrected chi connectivity index (χ3v) is 2.08. The molecule has 19 heavy (non-hydrogen) atoms. The number of rotatable bonds is 4. The van der Waals surface area contributed by atoms with Gasteiger partial charge in [0.15, 0.2) is 0 Å². The van der Waals surface area contributed by atoms with Crippen LogP contribution in [0.4, 0.5) is 0 Å². The van der Waals surface area contributed by atoms with Gasteiger partial charge in [-0.05, 0) is 13.0 Å². The molecule has 0 amide bonds. The van der Waals surface area contributed by atoms with E-state index in [4.69, 9.17) is 14.6 Å². The Morgan fingerprint density at radius 2 is 2.00 bits per heavy atom. The molecule has 1 aromatic rings. The standard InChI is InChI=1S/C10H14N2O3.C2H4O2/c1-14-9-4-3-7(6-12-9)8(11)5-10(13)15-2;1-2(3)4/h3-4,6,8H,5,11H2,1-2H3;1H3,(H,3,4). The Bertz CT molecular complexity index is 401. The van der Waals surface area contributed by atoms with Crippen molar-refractivity contribution < 1.29 is 29.9 Å². The van der Waals surface area contributed by atoms with Crippen LogP contribution in [-0.2, 0) is 14.3 Å². The summed E-state index contributed by atoms with van der Waals surface area (Å²) in [4.78, 5) is 23.9. The zero-order valence-electron chi connectivity index (χ0n) is 11.2. The number of ether oxygens (including phenoxy) is 2. The number of nitrogens with zero attached hydrogens (tertiary/aromatic N) is 1. The molecule has 0 spiro atoms. The van der Waals surface area contributed by atoms with Crippen LogP contribution in [-0.4, -0.2) is 31.1 Å². The SMILES string of the molecule is CC(=O)[O-].COC(=O)CC([NH3+])c1ccc(OC)nc1. The van der Waals surface area contributed by atoms with Gasteiger partial charge < -0.3 is 25.1 Å². The Balaban J connectivity index is 0.000000711. The van der Waals surface area contributed by atoms with Crippen LogP contribution in [0.25, 0.3) is 0 Å². The summed E-state index contributed by atoms with van der Waals surface area (Å²) in [6.07, 6.45) is 1.91. The summed E-state index contributed by atoms with van der Waals surface area (Å²) >= 11 is 0. The van der Waals surface area contributed by atoms with Crippen LogP contribution in [0.2, 0.25) is 0 Å². The van der Waals surface area contributed by atoms with Crippen molar-refractivity contribution in [2.75, 3.05) is 14.2 Å². The number of hydrogen-bond acceptors (Lipinski definition) is 6. The van der Waals surface area contributed by atoms with E-state index in [1.54, 1.807) is 19.4 Å². The molecule has 7 nitrogen and oxygen atoms in total. The van der Waals surface area contributed by atoms with Crippen LogP contribution in [0.3, 0.4) is 0 Å². The maximum Gasteiger partial charge on any atom is 0.311 e. The summed E-state index contributed by atoms with van der Waals surface area (Å²) in [5.41, 5.74) is 4.76. The van der Waals surface area contributed by atoms with Gasteiger partial charge in [0.1, 0.15) is 12.5 Å². The largest absolute Gasteiger partial charge is 0.550 e. The summed E-state index contributed by atoms with van der Waals surface area (Å²) in [7, 11) is 2.92. The Morgan fingerprint density at radius 3 is 2.37 bits per heavy atom. The van der Waals surface area contributed by atoms with Crippen LogP contribution in [0.1, 0.15) is 24.9 Å². The number of carboxylic acids is 1. The lowest BCUT2D eigenvalue weighted by molar-refractivity contribution is -0.425. The lowest BCUT2D eigenvalue weighted by Gasteiger charge is -2.07. The van der Waals surface area contributed by atoms with Crippen molar-refractivity contribution in [1.82, 2.24) is 4.98 Å². The molecular formula is C12H18N2O5. The average molecular weight is 270 g/mol. The third kappa shape index (κ3) is 7.72. The van der Waals surface area contributed by atoms with Gasteiger partial charge in [-0.15, -0.1) is 0 Å². The number of esters is 1. The highest BCUT2D eigenvalue weighted by Crippen LogP contribution is 2.14. The average Bonchev–Trinajstić information content (AvgIpc) is 2.38. The number of aliphatic carboxylic acids is 1. The van der Waals surface area contributed by atoms with Gasteiger partial charge in [-0.2, -0.15) is 0 Å². The van der Waals surface area contributed by atoms with Crippen molar-refractivity contribution in [3.8, 4) is 5.88 Å². The number of quaternary nitrogens is 1. The molecule has 0 aliphatic carbocycles. The van der Waals surface area contributed by atoms with Gasteiger partial charge >= 0.3 is 5.97 Å². The number of methoxy groups -OCH3 is 2. The fraction of sp³-hybridized carbons (Fsp3) is 0.417. The van der Waals surface area contributed by atoms with Gasteiger partial charge in [0.05, 0.1) is 14.2 Å². The second kappa shape index (κ2) is 8.87. The minimum absolute atomic E-state index is 0.143. The van der Waals surface area contributed by atoms with E-state index in [9.17, 15) is 4.79 Å². The third-order valence-electron chi connectivity index (χ3n) is 2.08. The lowest BCUT2D eigenvalue weighted by Crippen LogP contribution is -2.54. The number of carboxylic acid groups (broad SMARTS) is 1. The van der Waals surface area contributed by atoms with Gasteiger partial charge in [-0.1, -0.05) is 0 Å². The van der Waals surface area contributed by atoms with Crippen LogP contribution >= 0.6 is 0 Å². The number of hydrogen-bond donors (Lipinski definition) is 1. The number of pyridine rings is 1. The highest BCUT2D eigenvalue weighted by Gasteiger charge is 2.15. The van der Waals surface area contributed by atoms with Crippen molar-refractivity contribution in [2.24, 2.45) is 0 Å². The molecule has 0 aliphatic rings. The molecule has 1 unspecified atom stereocenters. The van der Waals surface area contributed by atoms with Crippen molar-refractivity contribution >= 4 is 11.9 Å². The maximum absolute atomic E-state index is 11.0. The van der Waals surface area contributed by atoms with Gasteiger partial charge in [-0.3, -0.25) is 4.79 Å². The van der Waals surface area contributed by atoms with Gasteiger partial charge in [0.25, 0.3) is 0 Å². The molecule has 1 rings (SSSR count). The van der Waals surface area contributed by atoms with E-state index in [0.717, 1.165) is 12.5 Å². The van der Waals surface area contributed by atoms with E-state index in [0.29, 0.717) is 5.88 Å². The number of carbonyl (C=O) groups is 2. The Labute approximate surface area is 111 Å². The Kier molecular flexibility index (Phi) is 7.87. The van der Waals surface area contributed by atoms with E-state index in [1.807, 2.05) is 6.07 Å². The van der Waals surface area contributed by atoms with Crippen LogP contribution < -0.4 is 15.6 Å². The Hall–Kier alpha value is -2.15. The van der Waals surface area contributed by atoms with Gasteiger partial charge in [0.2, 0.25) is 5.88 Å². The van der Waals surface area contributed by atoms with E-state index in [1.165, 1.54) is 7.11 Å². The lowest BCUT2D eigenvalue weighted by atomic mass is 10.1. The quantitative estimate of drug-likeness (QED) is 0.679. The van der Waals surface area contributed by atoms with E-state index in [2.05, 4.69) is 15.5 Å². The molecule has 3 N–H and O–H groups in total. The normalized spacial score (nSPS) is 10.7. The fourth-order valence-corrected chi connectivity index (χ4v) is 1.16. The molecular weight excluding hydrogens is 252 g/mol. The summed E-state index contributed by atoms with van der Waals surface area (Å²) < 4.78 is 9.49. The monoisotopic (exact) mass is 270 g/mol. The topological polar surface area (TPSA) is 116 Å². The molecule has 0 aliphatic heterocycles. The molecule has 0 radical (unpaired) electrons. The summed E-state index contributed by atoms with van der Waals surface area (Å²) in [5, 5.41) is 8.89. The minimum Gasteiger partial charge on any atom is -0.550 e. The molecule has 0 aromatic carbocycles. The van der Waals surface area contributed by atoms with Gasteiger partial charge in [-0.25, -0.2) is 4.98 Å². The fourth-order valence-electron chi connectivity index (χ4n) is 1.16. The number of aromatic nitrogens is 1. The van der Waals surface area contributed by atoms with Crippen molar-refractivity contribution in [1.29, 1.82) is 0 Å². The minimum atomic E-state index is -1.08. The first-order valence-corrected chi connectivity index (χ1v) is 5.48. The molecule has 0 fully saturated rings. The van der Waals surface area contributed by atoms with Crippen LogP contribution in [0.5, 0.6) is 5.88 Å². The van der Waals surface area contributed by atoms with Crippen molar-refractivity contribution in [3.63, 3.8) is 0 Å². The molecule has 7 heteroatoms. The smallest absolute Gasteiger partial charge is 0.311 e. The molecule has 106 valence electrons. The van der Waals surface area contributed by atoms with E-state index >= 15 is 0 Å². The van der Waals surface area contributed by atoms with Crippen LogP contribution in [0.15, 0.2) is 18.3 Å². The molecule has 0 bridgehead atoms. The molecule has 1 aromatic heterocycles. The first-order chi connectivity index (χ1) is 8.90. The first kappa shape index (κ1) is 16.9. The van der Waals surface area contributed by atoms with E-state index in [-0.39, 0.29) is 18.4 Å². The first-order valence-electron chi connectivity index (χ1n) is 5.48. The summed E-state index contributed by atoms with van der Waals surface area (Å²) in [5.74, 6) is -0.810. The molecule has 0 saturated heterocycles.